The van der Waals surface area contributed by atoms with Crippen molar-refractivity contribution in [2.45, 2.75) is 32.7 Å². The third-order valence-corrected chi connectivity index (χ3v) is 4.44. The fourth-order valence-corrected chi connectivity index (χ4v) is 3.39. The first-order valence-electron chi connectivity index (χ1n) is 6.94. The summed E-state index contributed by atoms with van der Waals surface area (Å²) < 4.78 is 27.6. The van der Waals surface area contributed by atoms with Crippen molar-refractivity contribution >= 4 is 11.3 Å². The van der Waals surface area contributed by atoms with Crippen molar-refractivity contribution < 1.29 is 8.78 Å². The molecule has 108 valence electrons. The molecule has 1 aromatic heterocycles. The van der Waals surface area contributed by atoms with Crippen LogP contribution < -0.4 is 5.32 Å². The molecule has 1 nitrogen and oxygen atoms in total. The molecule has 1 heterocycles. The summed E-state index contributed by atoms with van der Waals surface area (Å²) in [6, 6.07) is 8.00. The highest BCUT2D eigenvalue weighted by Gasteiger charge is 2.16. The quantitative estimate of drug-likeness (QED) is 0.777. The third-order valence-electron chi connectivity index (χ3n) is 3.23. The Kier molecular flexibility index (Phi) is 5.26. The van der Waals surface area contributed by atoms with Gasteiger partial charge in [-0.1, -0.05) is 19.9 Å². The van der Waals surface area contributed by atoms with Gasteiger partial charge in [-0.25, -0.2) is 8.78 Å². The van der Waals surface area contributed by atoms with E-state index in [1.54, 1.807) is 6.07 Å². The zero-order valence-electron chi connectivity index (χ0n) is 11.7. The largest absolute Gasteiger partial charge is 0.309 e. The van der Waals surface area contributed by atoms with Crippen LogP contribution in [0.15, 0.2) is 30.3 Å². The van der Waals surface area contributed by atoms with E-state index in [1.807, 2.05) is 6.07 Å². The summed E-state index contributed by atoms with van der Waals surface area (Å²) in [5.74, 6) is -1.01. The summed E-state index contributed by atoms with van der Waals surface area (Å²) in [5, 5.41) is 3.45. The average molecular weight is 295 g/mol. The Balaban J connectivity index is 2.28. The molecular weight excluding hydrogens is 276 g/mol. The van der Waals surface area contributed by atoms with E-state index in [1.165, 1.54) is 29.5 Å². The zero-order valence-corrected chi connectivity index (χ0v) is 12.6. The molecule has 20 heavy (non-hydrogen) atoms. The lowest BCUT2D eigenvalue weighted by Crippen LogP contribution is -2.20. The molecule has 1 N–H and O–H groups in total. The highest BCUT2D eigenvalue weighted by atomic mass is 32.1. The molecule has 1 atom stereocenters. The lowest BCUT2D eigenvalue weighted by molar-refractivity contribution is 0.525. The van der Waals surface area contributed by atoms with E-state index in [0.29, 0.717) is 4.88 Å². The Bertz CT molecular complexity index is 545. The van der Waals surface area contributed by atoms with Gasteiger partial charge in [-0.3, -0.25) is 0 Å². The van der Waals surface area contributed by atoms with Crippen molar-refractivity contribution in [2.24, 2.45) is 0 Å². The van der Waals surface area contributed by atoms with E-state index in [2.05, 4.69) is 19.2 Å². The Morgan fingerprint density at radius 2 is 1.80 bits per heavy atom. The highest BCUT2D eigenvalue weighted by Crippen LogP contribution is 2.35. The van der Waals surface area contributed by atoms with Gasteiger partial charge in [0.05, 0.1) is 5.56 Å². The lowest BCUT2D eigenvalue weighted by atomic mass is 10.1. The number of halogens is 2. The summed E-state index contributed by atoms with van der Waals surface area (Å²) in [7, 11) is 0. The molecule has 0 aliphatic heterocycles. The molecule has 0 aliphatic carbocycles. The molecule has 0 saturated carbocycles. The second-order valence-electron chi connectivity index (χ2n) is 4.71. The average Bonchev–Trinajstić information content (AvgIpc) is 2.89. The summed E-state index contributed by atoms with van der Waals surface area (Å²) in [6.45, 7) is 5.17. The third kappa shape index (κ3) is 3.25. The zero-order chi connectivity index (χ0) is 14.5. The summed E-state index contributed by atoms with van der Waals surface area (Å²) >= 11 is 1.45. The standard InChI is InChI=1S/C16H19F2NS/c1-3-10-19-13(4-2)14-8-9-15(20-14)16-11(17)6-5-7-12(16)18/h5-9,13,19H,3-4,10H2,1-2H3. The first-order chi connectivity index (χ1) is 9.67. The number of nitrogens with one attached hydrogen (secondary N) is 1. The normalized spacial score (nSPS) is 12.6. The van der Waals surface area contributed by atoms with Gasteiger partial charge in [-0.05, 0) is 43.7 Å². The van der Waals surface area contributed by atoms with Gasteiger partial charge in [0.1, 0.15) is 11.6 Å². The molecule has 0 aliphatic rings. The molecule has 0 fully saturated rings. The SMILES string of the molecule is CCCNC(CC)c1ccc(-c2c(F)cccc2F)s1. The minimum absolute atomic E-state index is 0.0779. The monoisotopic (exact) mass is 295 g/mol. The Labute approximate surface area is 122 Å². The molecule has 1 aromatic carbocycles. The molecule has 2 aromatic rings. The minimum Gasteiger partial charge on any atom is -0.309 e. The van der Waals surface area contributed by atoms with Crippen LogP contribution in [0, 0.1) is 11.6 Å². The van der Waals surface area contributed by atoms with Crippen LogP contribution >= 0.6 is 11.3 Å². The Hall–Kier alpha value is -1.26. The molecule has 0 saturated heterocycles. The van der Waals surface area contributed by atoms with Gasteiger partial charge in [0.15, 0.2) is 0 Å². The fraction of sp³-hybridized carbons (Fsp3) is 0.375. The van der Waals surface area contributed by atoms with Gasteiger partial charge in [-0.15, -0.1) is 11.3 Å². The van der Waals surface area contributed by atoms with E-state index >= 15 is 0 Å². The van der Waals surface area contributed by atoms with Gasteiger partial charge in [0.2, 0.25) is 0 Å². The van der Waals surface area contributed by atoms with Crippen LogP contribution in [0.2, 0.25) is 0 Å². The maximum atomic E-state index is 13.8. The number of benzene rings is 1. The number of thiophene rings is 1. The van der Waals surface area contributed by atoms with Crippen molar-refractivity contribution in [1.82, 2.24) is 5.32 Å². The smallest absolute Gasteiger partial charge is 0.134 e. The summed E-state index contributed by atoms with van der Waals surface area (Å²) in [4.78, 5) is 1.77. The van der Waals surface area contributed by atoms with Crippen molar-refractivity contribution in [2.75, 3.05) is 6.54 Å². The van der Waals surface area contributed by atoms with Crippen molar-refractivity contribution in [1.29, 1.82) is 0 Å². The van der Waals surface area contributed by atoms with Crippen molar-refractivity contribution in [3.05, 3.63) is 46.8 Å². The predicted octanol–water partition coefficient (Wildman–Crippen LogP) is 5.14. The predicted molar refractivity (Wildman–Crippen MR) is 81.0 cm³/mol. The van der Waals surface area contributed by atoms with E-state index in [9.17, 15) is 8.78 Å². The molecule has 0 radical (unpaired) electrons. The fourth-order valence-electron chi connectivity index (χ4n) is 2.17. The summed E-state index contributed by atoms with van der Waals surface area (Å²) in [6.07, 6.45) is 2.02. The molecule has 0 bridgehead atoms. The number of hydrogen-bond acceptors (Lipinski definition) is 2. The first kappa shape index (κ1) is 15.1. The van der Waals surface area contributed by atoms with Gasteiger partial charge in [0, 0.05) is 15.8 Å². The second-order valence-corrected chi connectivity index (χ2v) is 5.83. The molecule has 1 unspecified atom stereocenters. The van der Waals surface area contributed by atoms with Crippen LogP contribution in [-0.2, 0) is 0 Å². The van der Waals surface area contributed by atoms with Crippen LogP contribution in [0.5, 0.6) is 0 Å². The lowest BCUT2D eigenvalue weighted by Gasteiger charge is -2.14. The first-order valence-corrected chi connectivity index (χ1v) is 7.76. The number of hydrogen-bond donors (Lipinski definition) is 1. The highest BCUT2D eigenvalue weighted by molar-refractivity contribution is 7.15. The van der Waals surface area contributed by atoms with Crippen LogP contribution in [-0.4, -0.2) is 6.54 Å². The van der Waals surface area contributed by atoms with Gasteiger partial charge >= 0.3 is 0 Å². The minimum atomic E-state index is -0.507. The molecule has 2 rings (SSSR count). The number of rotatable bonds is 6. The topological polar surface area (TPSA) is 12.0 Å². The second kappa shape index (κ2) is 6.95. The maximum absolute atomic E-state index is 13.8. The van der Waals surface area contributed by atoms with Crippen LogP contribution in [0.4, 0.5) is 8.78 Å². The molecule has 4 heteroatoms. The Morgan fingerprint density at radius 3 is 2.40 bits per heavy atom. The van der Waals surface area contributed by atoms with Gasteiger partial charge in [-0.2, -0.15) is 0 Å². The van der Waals surface area contributed by atoms with E-state index in [-0.39, 0.29) is 11.6 Å². The van der Waals surface area contributed by atoms with Crippen molar-refractivity contribution in [3.63, 3.8) is 0 Å². The maximum Gasteiger partial charge on any atom is 0.134 e. The van der Waals surface area contributed by atoms with Crippen molar-refractivity contribution in [3.8, 4) is 10.4 Å². The Morgan fingerprint density at radius 1 is 1.10 bits per heavy atom. The van der Waals surface area contributed by atoms with E-state index < -0.39 is 11.6 Å². The summed E-state index contributed by atoms with van der Waals surface area (Å²) in [5.41, 5.74) is 0.0779. The van der Waals surface area contributed by atoms with Gasteiger partial charge in [0.25, 0.3) is 0 Å². The van der Waals surface area contributed by atoms with Crippen LogP contribution in [0.3, 0.4) is 0 Å². The molecular formula is C16H19F2NS. The van der Waals surface area contributed by atoms with E-state index in [4.69, 9.17) is 0 Å². The van der Waals surface area contributed by atoms with Crippen LogP contribution in [0.1, 0.15) is 37.6 Å². The molecule has 0 spiro atoms. The van der Waals surface area contributed by atoms with Crippen LogP contribution in [0.25, 0.3) is 10.4 Å². The van der Waals surface area contributed by atoms with E-state index in [0.717, 1.165) is 24.3 Å². The van der Waals surface area contributed by atoms with Gasteiger partial charge < -0.3 is 5.32 Å². The molecule has 0 amide bonds.